The SMILES string of the molecule is O=C(NCCO)c1ccnc(N2CCC(C(=O)N3N=CCC3c3ccccc3)CC2)n1. The Kier molecular flexibility index (Phi) is 6.51. The molecule has 0 saturated carbocycles. The molecule has 1 unspecified atom stereocenters. The van der Waals surface area contributed by atoms with Gasteiger partial charge >= 0.3 is 0 Å². The number of rotatable bonds is 6. The molecule has 1 aromatic heterocycles. The van der Waals surface area contributed by atoms with Gasteiger partial charge in [0.25, 0.3) is 5.91 Å². The van der Waals surface area contributed by atoms with E-state index in [1.807, 2.05) is 41.4 Å². The highest BCUT2D eigenvalue weighted by Gasteiger charge is 2.35. The molecule has 2 aromatic rings. The largest absolute Gasteiger partial charge is 0.395 e. The summed E-state index contributed by atoms with van der Waals surface area (Å²) in [7, 11) is 0. The molecule has 31 heavy (non-hydrogen) atoms. The minimum atomic E-state index is -0.346. The summed E-state index contributed by atoms with van der Waals surface area (Å²) < 4.78 is 0. The molecule has 3 heterocycles. The fraction of sp³-hybridized carbons (Fsp3) is 0.409. The Morgan fingerprint density at radius 1 is 1.13 bits per heavy atom. The average molecular weight is 422 g/mol. The summed E-state index contributed by atoms with van der Waals surface area (Å²) >= 11 is 0. The number of anilines is 1. The van der Waals surface area contributed by atoms with Crippen molar-refractivity contribution in [1.29, 1.82) is 0 Å². The highest BCUT2D eigenvalue weighted by atomic mass is 16.3. The first kappa shape index (κ1) is 20.9. The van der Waals surface area contributed by atoms with Gasteiger partial charge in [0.15, 0.2) is 0 Å². The second kappa shape index (κ2) is 9.65. The normalized spacial score (nSPS) is 18.9. The summed E-state index contributed by atoms with van der Waals surface area (Å²) in [5, 5.41) is 17.4. The van der Waals surface area contributed by atoms with Gasteiger partial charge in [0, 0.05) is 44.4 Å². The van der Waals surface area contributed by atoms with Crippen LogP contribution in [0.2, 0.25) is 0 Å². The summed E-state index contributed by atoms with van der Waals surface area (Å²) in [4.78, 5) is 35.9. The van der Waals surface area contributed by atoms with Gasteiger partial charge in [-0.05, 0) is 24.5 Å². The van der Waals surface area contributed by atoms with Crippen molar-refractivity contribution >= 4 is 24.0 Å². The van der Waals surface area contributed by atoms with E-state index in [0.29, 0.717) is 31.9 Å². The first-order valence-corrected chi connectivity index (χ1v) is 10.5. The number of carbonyl (C=O) groups is 2. The number of benzene rings is 1. The number of nitrogens with one attached hydrogen (secondary N) is 1. The Morgan fingerprint density at radius 3 is 2.65 bits per heavy atom. The Bertz CT molecular complexity index is 943. The van der Waals surface area contributed by atoms with Crippen LogP contribution in [0.3, 0.4) is 0 Å². The summed E-state index contributed by atoms with van der Waals surface area (Å²) in [6.07, 6.45) is 5.45. The van der Waals surface area contributed by atoms with Crippen LogP contribution >= 0.6 is 0 Å². The lowest BCUT2D eigenvalue weighted by Crippen LogP contribution is -2.41. The third kappa shape index (κ3) is 4.72. The molecular formula is C22H26N6O3. The van der Waals surface area contributed by atoms with E-state index in [1.54, 1.807) is 17.3 Å². The van der Waals surface area contributed by atoms with Gasteiger partial charge in [-0.2, -0.15) is 5.10 Å². The van der Waals surface area contributed by atoms with Crippen LogP contribution in [0.4, 0.5) is 5.95 Å². The number of aromatic nitrogens is 2. The molecule has 0 aliphatic carbocycles. The van der Waals surface area contributed by atoms with E-state index >= 15 is 0 Å². The first-order chi connectivity index (χ1) is 15.2. The number of hydrazone groups is 1. The third-order valence-corrected chi connectivity index (χ3v) is 5.64. The van der Waals surface area contributed by atoms with E-state index < -0.39 is 0 Å². The predicted octanol–water partition coefficient (Wildman–Crippen LogP) is 1.37. The van der Waals surface area contributed by atoms with Crippen LogP contribution in [0.1, 0.15) is 41.4 Å². The Labute approximate surface area is 180 Å². The van der Waals surface area contributed by atoms with Crippen LogP contribution in [0.15, 0.2) is 47.7 Å². The maximum atomic E-state index is 13.2. The van der Waals surface area contributed by atoms with Crippen LogP contribution < -0.4 is 10.2 Å². The van der Waals surface area contributed by atoms with Crippen LogP contribution in [-0.2, 0) is 4.79 Å². The van der Waals surface area contributed by atoms with E-state index in [4.69, 9.17) is 5.11 Å². The van der Waals surface area contributed by atoms with Crippen LogP contribution in [-0.4, -0.2) is 64.4 Å². The zero-order valence-electron chi connectivity index (χ0n) is 17.2. The topological polar surface area (TPSA) is 111 Å². The van der Waals surface area contributed by atoms with Gasteiger partial charge in [0.1, 0.15) is 5.69 Å². The number of hydrogen-bond acceptors (Lipinski definition) is 7. The lowest BCUT2D eigenvalue weighted by Gasteiger charge is -2.33. The van der Waals surface area contributed by atoms with Gasteiger partial charge in [0.2, 0.25) is 11.9 Å². The van der Waals surface area contributed by atoms with Crippen LogP contribution in [0, 0.1) is 5.92 Å². The van der Waals surface area contributed by atoms with Crippen LogP contribution in [0.25, 0.3) is 0 Å². The van der Waals surface area contributed by atoms with Crippen molar-refractivity contribution in [2.75, 3.05) is 31.1 Å². The quantitative estimate of drug-likeness (QED) is 0.728. The van der Waals surface area contributed by atoms with Gasteiger partial charge in [-0.1, -0.05) is 30.3 Å². The standard InChI is InChI=1S/C22H26N6O3/c29-15-12-23-20(30)18-6-10-24-22(26-18)27-13-8-17(9-14-27)21(31)28-19(7-11-25-28)16-4-2-1-3-5-16/h1-6,10-11,17,19,29H,7-9,12-15H2,(H,23,30). The fourth-order valence-electron chi connectivity index (χ4n) is 3.98. The molecule has 1 atom stereocenters. The molecule has 1 saturated heterocycles. The molecular weight excluding hydrogens is 396 g/mol. The zero-order chi connectivity index (χ0) is 21.6. The van der Waals surface area contributed by atoms with Gasteiger partial charge in [0.05, 0.1) is 12.6 Å². The molecule has 0 spiro atoms. The molecule has 2 aliphatic rings. The summed E-state index contributed by atoms with van der Waals surface area (Å²) in [6, 6.07) is 11.5. The summed E-state index contributed by atoms with van der Waals surface area (Å²) in [6.45, 7) is 1.31. The molecule has 9 nitrogen and oxygen atoms in total. The highest BCUT2D eigenvalue weighted by molar-refractivity contribution is 5.92. The zero-order valence-corrected chi connectivity index (χ0v) is 17.2. The summed E-state index contributed by atoms with van der Waals surface area (Å²) in [5.41, 5.74) is 1.35. The minimum Gasteiger partial charge on any atom is -0.395 e. The molecule has 1 aromatic carbocycles. The van der Waals surface area contributed by atoms with E-state index in [1.165, 1.54) is 0 Å². The number of piperidine rings is 1. The average Bonchev–Trinajstić information content (AvgIpc) is 3.33. The fourth-order valence-corrected chi connectivity index (χ4v) is 3.98. The number of nitrogens with zero attached hydrogens (tertiary/aromatic N) is 5. The van der Waals surface area contributed by atoms with Gasteiger partial charge < -0.3 is 15.3 Å². The number of amides is 2. The maximum absolute atomic E-state index is 13.2. The predicted molar refractivity (Wildman–Crippen MR) is 116 cm³/mol. The molecule has 162 valence electrons. The monoisotopic (exact) mass is 422 g/mol. The highest BCUT2D eigenvalue weighted by Crippen LogP contribution is 2.32. The molecule has 2 amide bonds. The van der Waals surface area contributed by atoms with E-state index in [9.17, 15) is 9.59 Å². The van der Waals surface area contributed by atoms with E-state index in [0.717, 1.165) is 12.0 Å². The van der Waals surface area contributed by atoms with Crippen LogP contribution in [0.5, 0.6) is 0 Å². The van der Waals surface area contributed by atoms with Gasteiger partial charge in [-0.15, -0.1) is 0 Å². The Morgan fingerprint density at radius 2 is 1.90 bits per heavy atom. The number of aliphatic hydroxyl groups excluding tert-OH is 1. The van der Waals surface area contributed by atoms with Crippen molar-refractivity contribution in [2.24, 2.45) is 11.0 Å². The molecule has 0 radical (unpaired) electrons. The second-order valence-corrected chi connectivity index (χ2v) is 7.63. The van der Waals surface area contributed by atoms with Crippen molar-refractivity contribution in [3.05, 3.63) is 53.9 Å². The van der Waals surface area contributed by atoms with Crippen molar-refractivity contribution in [3.63, 3.8) is 0 Å². The summed E-state index contributed by atoms with van der Waals surface area (Å²) in [5.74, 6) is 0.0829. The van der Waals surface area contributed by atoms with Crippen molar-refractivity contribution in [1.82, 2.24) is 20.3 Å². The maximum Gasteiger partial charge on any atom is 0.270 e. The van der Waals surface area contributed by atoms with Crippen molar-refractivity contribution < 1.29 is 14.7 Å². The van der Waals surface area contributed by atoms with E-state index in [2.05, 4.69) is 20.4 Å². The second-order valence-electron chi connectivity index (χ2n) is 7.63. The lowest BCUT2D eigenvalue weighted by molar-refractivity contribution is -0.138. The molecule has 0 bridgehead atoms. The molecule has 2 aliphatic heterocycles. The lowest BCUT2D eigenvalue weighted by atomic mass is 9.94. The Balaban J connectivity index is 1.37. The number of hydrogen-bond donors (Lipinski definition) is 2. The van der Waals surface area contributed by atoms with Crippen molar-refractivity contribution in [3.8, 4) is 0 Å². The Hall–Kier alpha value is -3.33. The minimum absolute atomic E-state index is 0.0378. The molecule has 4 rings (SSSR count). The third-order valence-electron chi connectivity index (χ3n) is 5.64. The smallest absolute Gasteiger partial charge is 0.270 e. The molecule has 9 heteroatoms. The molecule has 1 fully saturated rings. The van der Waals surface area contributed by atoms with Gasteiger partial charge in [-0.25, -0.2) is 15.0 Å². The first-order valence-electron chi connectivity index (χ1n) is 10.5. The number of aliphatic hydroxyl groups is 1. The van der Waals surface area contributed by atoms with E-state index in [-0.39, 0.29) is 42.6 Å². The molecule has 2 N–H and O–H groups in total. The number of carbonyl (C=O) groups excluding carboxylic acids is 2. The van der Waals surface area contributed by atoms with Crippen molar-refractivity contribution in [2.45, 2.75) is 25.3 Å². The van der Waals surface area contributed by atoms with Gasteiger partial charge in [-0.3, -0.25) is 9.59 Å².